The van der Waals surface area contributed by atoms with Crippen molar-refractivity contribution in [3.8, 4) is 5.75 Å². The fraction of sp³-hybridized carbons (Fsp3) is 0.478. The molecule has 27 heavy (non-hydrogen) atoms. The van der Waals surface area contributed by atoms with Crippen molar-refractivity contribution in [3.63, 3.8) is 0 Å². The van der Waals surface area contributed by atoms with E-state index >= 15 is 0 Å². The number of hydrogen-bond acceptors (Lipinski definition) is 3. The molecule has 0 aromatic heterocycles. The van der Waals surface area contributed by atoms with Gasteiger partial charge in [-0.3, -0.25) is 9.80 Å². The van der Waals surface area contributed by atoms with Crippen LogP contribution in [0.25, 0.3) is 0 Å². The highest BCUT2D eigenvalue weighted by Gasteiger charge is 2.30. The van der Waals surface area contributed by atoms with Crippen molar-refractivity contribution in [2.45, 2.75) is 38.8 Å². The first-order chi connectivity index (χ1) is 13.1. The Bertz CT molecular complexity index is 683. The lowest BCUT2D eigenvalue weighted by atomic mass is 9.98. The van der Waals surface area contributed by atoms with Gasteiger partial charge in [0.2, 0.25) is 0 Å². The Morgan fingerprint density at radius 2 is 1.56 bits per heavy atom. The monoisotopic (exact) mass is 386 g/mol. The molecule has 0 aliphatic carbocycles. The summed E-state index contributed by atoms with van der Waals surface area (Å²) in [6, 6.07) is 18.5. The lowest BCUT2D eigenvalue weighted by Gasteiger charge is -2.40. The first-order valence-corrected chi connectivity index (χ1v) is 10.4. The Hall–Kier alpha value is -1.55. The molecule has 1 atom stereocenters. The predicted octanol–water partition coefficient (Wildman–Crippen LogP) is 5.10. The fourth-order valence-electron chi connectivity index (χ4n) is 3.90. The third kappa shape index (κ3) is 6.24. The van der Waals surface area contributed by atoms with E-state index in [9.17, 15) is 0 Å². The second-order valence-electron chi connectivity index (χ2n) is 7.79. The summed E-state index contributed by atoms with van der Waals surface area (Å²) in [5, 5.41) is 0.745. The summed E-state index contributed by atoms with van der Waals surface area (Å²) >= 11 is 6.00. The SMILES string of the molecule is CCCC(C)(CN1CCN(Cc2ccccc2)CC1)Oc1ccc(Cl)cc1. The summed E-state index contributed by atoms with van der Waals surface area (Å²) < 4.78 is 6.41. The molecule has 0 N–H and O–H groups in total. The largest absolute Gasteiger partial charge is 0.486 e. The second-order valence-corrected chi connectivity index (χ2v) is 8.23. The molecule has 1 saturated heterocycles. The lowest BCUT2D eigenvalue weighted by Crippen LogP contribution is -2.52. The minimum absolute atomic E-state index is 0.176. The van der Waals surface area contributed by atoms with E-state index in [0.717, 1.165) is 62.9 Å². The number of ether oxygens (including phenoxy) is 1. The number of rotatable bonds is 8. The minimum Gasteiger partial charge on any atom is -0.486 e. The highest BCUT2D eigenvalue weighted by atomic mass is 35.5. The van der Waals surface area contributed by atoms with Gasteiger partial charge in [-0.1, -0.05) is 55.3 Å². The average Bonchev–Trinajstić information content (AvgIpc) is 2.66. The van der Waals surface area contributed by atoms with E-state index in [1.807, 2.05) is 24.3 Å². The summed E-state index contributed by atoms with van der Waals surface area (Å²) in [7, 11) is 0. The first kappa shape index (κ1) is 20.2. The van der Waals surface area contributed by atoms with Crippen LogP contribution in [0.1, 0.15) is 32.3 Å². The molecular formula is C23H31ClN2O. The van der Waals surface area contributed by atoms with Crippen LogP contribution in [0.5, 0.6) is 5.75 Å². The van der Waals surface area contributed by atoms with Gasteiger partial charge in [0.05, 0.1) is 0 Å². The normalized spacial score (nSPS) is 18.2. The molecule has 2 aromatic rings. The number of hydrogen-bond donors (Lipinski definition) is 0. The number of nitrogens with zero attached hydrogens (tertiary/aromatic N) is 2. The van der Waals surface area contributed by atoms with Gasteiger partial charge in [0, 0.05) is 44.3 Å². The number of piperazine rings is 1. The molecule has 0 spiro atoms. The molecule has 2 aromatic carbocycles. The number of halogens is 1. The molecule has 3 rings (SSSR count). The van der Waals surface area contributed by atoms with Crippen LogP contribution in [0.2, 0.25) is 5.02 Å². The van der Waals surface area contributed by atoms with Crippen LogP contribution in [0.3, 0.4) is 0 Å². The molecule has 0 saturated carbocycles. The van der Waals surface area contributed by atoms with E-state index in [0.29, 0.717) is 0 Å². The summed E-state index contributed by atoms with van der Waals surface area (Å²) in [4.78, 5) is 5.09. The fourth-order valence-corrected chi connectivity index (χ4v) is 4.02. The summed E-state index contributed by atoms with van der Waals surface area (Å²) in [5.41, 5.74) is 1.22. The smallest absolute Gasteiger partial charge is 0.120 e. The quantitative estimate of drug-likeness (QED) is 0.628. The number of benzene rings is 2. The van der Waals surface area contributed by atoms with E-state index in [1.165, 1.54) is 5.56 Å². The Kier molecular flexibility index (Phi) is 7.17. The van der Waals surface area contributed by atoms with E-state index in [-0.39, 0.29) is 5.60 Å². The van der Waals surface area contributed by atoms with Crippen molar-refractivity contribution in [1.82, 2.24) is 9.80 Å². The third-order valence-corrected chi connectivity index (χ3v) is 5.48. The maximum atomic E-state index is 6.41. The molecule has 1 heterocycles. The molecule has 0 amide bonds. The van der Waals surface area contributed by atoms with Gasteiger partial charge in [-0.2, -0.15) is 0 Å². The summed E-state index contributed by atoms with van der Waals surface area (Å²) in [6.45, 7) is 10.9. The molecule has 0 radical (unpaired) electrons. The maximum absolute atomic E-state index is 6.41. The molecule has 0 bridgehead atoms. The Balaban J connectivity index is 1.53. The molecule has 1 fully saturated rings. The second kappa shape index (κ2) is 9.59. The molecule has 1 aliphatic rings. The van der Waals surface area contributed by atoms with Gasteiger partial charge >= 0.3 is 0 Å². The Morgan fingerprint density at radius 1 is 0.926 bits per heavy atom. The van der Waals surface area contributed by atoms with Crippen LogP contribution in [-0.4, -0.2) is 48.1 Å². The molecule has 146 valence electrons. The molecule has 3 nitrogen and oxygen atoms in total. The standard InChI is InChI=1S/C23H31ClN2O/c1-3-13-23(2,27-22-11-9-21(24)10-12-22)19-26-16-14-25(15-17-26)18-20-7-5-4-6-8-20/h4-12H,3,13-19H2,1-2H3. The van der Waals surface area contributed by atoms with E-state index in [4.69, 9.17) is 16.3 Å². The van der Waals surface area contributed by atoms with Gasteiger partial charge in [-0.15, -0.1) is 0 Å². The van der Waals surface area contributed by atoms with Gasteiger partial charge in [-0.25, -0.2) is 0 Å². The minimum atomic E-state index is -0.176. The zero-order valence-electron chi connectivity index (χ0n) is 16.5. The lowest BCUT2D eigenvalue weighted by molar-refractivity contribution is 0.0159. The zero-order chi connectivity index (χ0) is 19.1. The van der Waals surface area contributed by atoms with Crippen LogP contribution in [0, 0.1) is 0 Å². The predicted molar refractivity (Wildman–Crippen MR) is 114 cm³/mol. The average molecular weight is 387 g/mol. The highest BCUT2D eigenvalue weighted by Crippen LogP contribution is 2.26. The van der Waals surface area contributed by atoms with E-state index in [2.05, 4.69) is 54.0 Å². The van der Waals surface area contributed by atoms with Crippen molar-refractivity contribution in [2.75, 3.05) is 32.7 Å². The first-order valence-electron chi connectivity index (χ1n) is 9.99. The molecular weight excluding hydrogens is 356 g/mol. The van der Waals surface area contributed by atoms with Crippen molar-refractivity contribution < 1.29 is 4.74 Å². The maximum Gasteiger partial charge on any atom is 0.120 e. The van der Waals surface area contributed by atoms with Crippen LogP contribution < -0.4 is 4.74 Å². The highest BCUT2D eigenvalue weighted by molar-refractivity contribution is 6.30. The van der Waals surface area contributed by atoms with Crippen LogP contribution in [0.15, 0.2) is 54.6 Å². The van der Waals surface area contributed by atoms with Gasteiger partial charge in [0.1, 0.15) is 11.4 Å². The van der Waals surface area contributed by atoms with Crippen molar-refractivity contribution in [1.29, 1.82) is 0 Å². The van der Waals surface area contributed by atoms with E-state index in [1.54, 1.807) is 0 Å². The third-order valence-electron chi connectivity index (χ3n) is 5.23. The molecule has 4 heteroatoms. The summed E-state index contributed by atoms with van der Waals surface area (Å²) in [5.74, 6) is 0.901. The van der Waals surface area contributed by atoms with Crippen molar-refractivity contribution >= 4 is 11.6 Å². The topological polar surface area (TPSA) is 15.7 Å². The Labute approximate surface area is 168 Å². The van der Waals surface area contributed by atoms with Crippen LogP contribution in [-0.2, 0) is 6.54 Å². The zero-order valence-corrected chi connectivity index (χ0v) is 17.3. The van der Waals surface area contributed by atoms with Gasteiger partial charge in [0.15, 0.2) is 0 Å². The van der Waals surface area contributed by atoms with Crippen LogP contribution in [0.4, 0.5) is 0 Å². The molecule has 1 aliphatic heterocycles. The Morgan fingerprint density at radius 3 is 2.19 bits per heavy atom. The summed E-state index contributed by atoms with van der Waals surface area (Å²) in [6.07, 6.45) is 2.15. The van der Waals surface area contributed by atoms with Gasteiger partial charge in [-0.05, 0) is 43.2 Å². The van der Waals surface area contributed by atoms with Gasteiger partial charge < -0.3 is 4.74 Å². The molecule has 1 unspecified atom stereocenters. The van der Waals surface area contributed by atoms with Crippen molar-refractivity contribution in [3.05, 3.63) is 65.2 Å². The van der Waals surface area contributed by atoms with E-state index < -0.39 is 0 Å². The van der Waals surface area contributed by atoms with Crippen LogP contribution >= 0.6 is 11.6 Å². The van der Waals surface area contributed by atoms with Gasteiger partial charge in [0.25, 0.3) is 0 Å². The van der Waals surface area contributed by atoms with Crippen molar-refractivity contribution in [2.24, 2.45) is 0 Å².